The molecular weight excluding hydrogens is 279 g/mol. The maximum atomic E-state index is 13.7. The highest BCUT2D eigenvalue weighted by atomic mass is 32.2. The second-order valence-electron chi connectivity index (χ2n) is 5.45. The van der Waals surface area contributed by atoms with Crippen LogP contribution >= 0.6 is 0 Å². The first-order valence-electron chi connectivity index (χ1n) is 6.89. The smallest absolute Gasteiger partial charge is 0.243 e. The lowest BCUT2D eigenvalue weighted by molar-refractivity contribution is 0.320. The van der Waals surface area contributed by atoms with Gasteiger partial charge in [0.15, 0.2) is 0 Å². The van der Waals surface area contributed by atoms with E-state index in [2.05, 4.69) is 10.0 Å². The first-order valence-corrected chi connectivity index (χ1v) is 8.37. The quantitative estimate of drug-likeness (QED) is 0.891. The second-order valence-corrected chi connectivity index (χ2v) is 7.13. The van der Waals surface area contributed by atoms with E-state index in [0.29, 0.717) is 0 Å². The average Bonchev–Trinajstić information content (AvgIpc) is 2.42. The zero-order valence-corrected chi connectivity index (χ0v) is 12.6. The molecule has 0 amide bonds. The van der Waals surface area contributed by atoms with Gasteiger partial charge in [0.1, 0.15) is 10.7 Å². The maximum Gasteiger partial charge on any atom is 0.243 e. The van der Waals surface area contributed by atoms with Crippen molar-refractivity contribution in [3.05, 3.63) is 29.6 Å². The van der Waals surface area contributed by atoms with Crippen LogP contribution in [0.2, 0.25) is 0 Å². The second kappa shape index (κ2) is 6.20. The van der Waals surface area contributed by atoms with Crippen molar-refractivity contribution in [1.29, 1.82) is 0 Å². The van der Waals surface area contributed by atoms with E-state index in [9.17, 15) is 12.8 Å². The molecular formula is C14H21FN2O2S. The molecule has 1 aromatic carbocycles. The maximum absolute atomic E-state index is 13.7. The first kappa shape index (κ1) is 15.4. The van der Waals surface area contributed by atoms with Gasteiger partial charge in [0.25, 0.3) is 0 Å². The van der Waals surface area contributed by atoms with Crippen molar-refractivity contribution >= 4 is 10.0 Å². The molecule has 20 heavy (non-hydrogen) atoms. The molecule has 2 rings (SSSR count). The Morgan fingerprint density at radius 2 is 2.20 bits per heavy atom. The van der Waals surface area contributed by atoms with E-state index in [0.717, 1.165) is 31.5 Å². The van der Waals surface area contributed by atoms with Gasteiger partial charge in [-0.1, -0.05) is 6.07 Å². The summed E-state index contributed by atoms with van der Waals surface area (Å²) in [5.74, 6) is -0.469. The van der Waals surface area contributed by atoms with E-state index in [4.69, 9.17) is 0 Å². The molecule has 0 spiro atoms. The van der Waals surface area contributed by atoms with Gasteiger partial charge in [-0.25, -0.2) is 17.5 Å². The zero-order chi connectivity index (χ0) is 14.8. The molecule has 0 aliphatic carbocycles. The number of sulfonamides is 1. The summed E-state index contributed by atoms with van der Waals surface area (Å²) in [5, 5.41) is 3.25. The van der Waals surface area contributed by atoms with Gasteiger partial charge in [0, 0.05) is 6.04 Å². The van der Waals surface area contributed by atoms with Gasteiger partial charge >= 0.3 is 0 Å². The zero-order valence-electron chi connectivity index (χ0n) is 11.8. The summed E-state index contributed by atoms with van der Waals surface area (Å²) in [6, 6.07) is 3.90. The summed E-state index contributed by atoms with van der Waals surface area (Å²) < 4.78 is 40.9. The standard InChI is InChI=1S/C14H21FN2O2S/c1-10-5-6-13(15)14(8-10)20(18,19)17-11(2)12-4-3-7-16-9-12/h5-6,8,11-12,16-17H,3-4,7,9H2,1-2H3. The van der Waals surface area contributed by atoms with Gasteiger partial charge in [-0.2, -0.15) is 0 Å². The molecule has 0 radical (unpaired) electrons. The van der Waals surface area contributed by atoms with Gasteiger partial charge in [-0.15, -0.1) is 0 Å². The summed E-state index contributed by atoms with van der Waals surface area (Å²) in [5.41, 5.74) is 0.721. The minimum absolute atomic E-state index is 0.215. The van der Waals surface area contributed by atoms with Crippen molar-refractivity contribution < 1.29 is 12.8 Å². The number of hydrogen-bond acceptors (Lipinski definition) is 3. The van der Waals surface area contributed by atoms with Crippen molar-refractivity contribution in [1.82, 2.24) is 10.0 Å². The highest BCUT2D eigenvalue weighted by Crippen LogP contribution is 2.19. The third kappa shape index (κ3) is 3.56. The predicted octanol–water partition coefficient (Wildman–Crippen LogP) is 1.80. The minimum atomic E-state index is -3.81. The Morgan fingerprint density at radius 1 is 1.45 bits per heavy atom. The lowest BCUT2D eigenvalue weighted by atomic mass is 9.94. The number of nitrogens with one attached hydrogen (secondary N) is 2. The summed E-state index contributed by atoms with van der Waals surface area (Å²) in [4.78, 5) is -0.270. The molecule has 4 nitrogen and oxygen atoms in total. The van der Waals surface area contributed by atoms with Crippen LogP contribution in [0.4, 0.5) is 4.39 Å². The molecule has 6 heteroatoms. The van der Waals surface area contributed by atoms with E-state index >= 15 is 0 Å². The summed E-state index contributed by atoms with van der Waals surface area (Å²) in [7, 11) is -3.81. The molecule has 2 N–H and O–H groups in total. The Morgan fingerprint density at radius 3 is 2.85 bits per heavy atom. The van der Waals surface area contributed by atoms with Crippen LogP contribution in [0.3, 0.4) is 0 Å². The molecule has 2 atom stereocenters. The van der Waals surface area contributed by atoms with Crippen LogP contribution in [0.1, 0.15) is 25.3 Å². The van der Waals surface area contributed by atoms with Gasteiger partial charge < -0.3 is 5.32 Å². The Balaban J connectivity index is 2.16. The van der Waals surface area contributed by atoms with Crippen LogP contribution in [0.15, 0.2) is 23.1 Å². The Hall–Kier alpha value is -0.980. The molecule has 1 saturated heterocycles. The van der Waals surface area contributed by atoms with Crippen LogP contribution in [-0.4, -0.2) is 27.5 Å². The van der Waals surface area contributed by atoms with Gasteiger partial charge in [-0.3, -0.25) is 0 Å². The first-order chi connectivity index (χ1) is 9.40. The fourth-order valence-corrected chi connectivity index (χ4v) is 4.00. The Labute approximate surface area is 119 Å². The lowest BCUT2D eigenvalue weighted by Gasteiger charge is -2.28. The van der Waals surface area contributed by atoms with Crippen LogP contribution in [0.5, 0.6) is 0 Å². The average molecular weight is 300 g/mol. The van der Waals surface area contributed by atoms with Crippen LogP contribution in [0.25, 0.3) is 0 Å². The SMILES string of the molecule is Cc1ccc(F)c(S(=O)(=O)NC(C)C2CCCNC2)c1. The molecule has 1 fully saturated rings. The van der Waals surface area contributed by atoms with Crippen molar-refractivity contribution in [3.63, 3.8) is 0 Å². The molecule has 0 bridgehead atoms. The molecule has 0 saturated carbocycles. The number of aryl methyl sites for hydroxylation is 1. The Bertz CT molecular complexity index is 569. The summed E-state index contributed by atoms with van der Waals surface area (Å²) in [6.45, 7) is 5.35. The van der Waals surface area contributed by atoms with E-state index in [1.807, 2.05) is 6.92 Å². The highest BCUT2D eigenvalue weighted by molar-refractivity contribution is 7.89. The Kier molecular flexibility index (Phi) is 4.78. The van der Waals surface area contributed by atoms with Crippen molar-refractivity contribution in [3.8, 4) is 0 Å². The van der Waals surface area contributed by atoms with E-state index in [1.54, 1.807) is 13.0 Å². The molecule has 1 heterocycles. The summed E-state index contributed by atoms with van der Waals surface area (Å²) >= 11 is 0. The minimum Gasteiger partial charge on any atom is -0.316 e. The third-order valence-corrected chi connectivity index (χ3v) is 5.33. The topological polar surface area (TPSA) is 58.2 Å². The monoisotopic (exact) mass is 300 g/mol. The van der Waals surface area contributed by atoms with Gasteiger partial charge in [0.05, 0.1) is 0 Å². The molecule has 2 unspecified atom stereocenters. The summed E-state index contributed by atoms with van der Waals surface area (Å²) in [6.07, 6.45) is 2.02. The van der Waals surface area contributed by atoms with Crippen molar-refractivity contribution in [2.75, 3.05) is 13.1 Å². The largest absolute Gasteiger partial charge is 0.316 e. The van der Waals surface area contributed by atoms with E-state index < -0.39 is 15.8 Å². The fraction of sp³-hybridized carbons (Fsp3) is 0.571. The molecule has 112 valence electrons. The highest BCUT2D eigenvalue weighted by Gasteiger charge is 2.26. The molecule has 1 aliphatic heterocycles. The normalized spacial score (nSPS) is 21.6. The van der Waals surface area contributed by atoms with E-state index in [1.165, 1.54) is 12.1 Å². The van der Waals surface area contributed by atoms with Crippen LogP contribution < -0.4 is 10.0 Å². The third-order valence-electron chi connectivity index (χ3n) is 3.76. The molecule has 0 aromatic heterocycles. The number of hydrogen-bond donors (Lipinski definition) is 2. The molecule has 1 aliphatic rings. The predicted molar refractivity (Wildman–Crippen MR) is 76.5 cm³/mol. The number of benzene rings is 1. The number of rotatable bonds is 4. The van der Waals surface area contributed by atoms with Crippen LogP contribution in [-0.2, 0) is 10.0 Å². The van der Waals surface area contributed by atoms with Gasteiger partial charge in [-0.05, 0) is 63.4 Å². The van der Waals surface area contributed by atoms with Crippen molar-refractivity contribution in [2.45, 2.75) is 37.6 Å². The van der Waals surface area contributed by atoms with Crippen LogP contribution in [0, 0.1) is 18.7 Å². The fourth-order valence-electron chi connectivity index (χ4n) is 2.53. The van der Waals surface area contributed by atoms with Crippen molar-refractivity contribution in [2.24, 2.45) is 5.92 Å². The lowest BCUT2D eigenvalue weighted by Crippen LogP contribution is -2.44. The van der Waals surface area contributed by atoms with Gasteiger partial charge in [0.2, 0.25) is 10.0 Å². The number of piperidine rings is 1. The molecule has 1 aromatic rings. The number of halogens is 1. The van der Waals surface area contributed by atoms with E-state index in [-0.39, 0.29) is 16.9 Å².